The van der Waals surface area contributed by atoms with Crippen molar-refractivity contribution in [2.24, 2.45) is 0 Å². The summed E-state index contributed by atoms with van der Waals surface area (Å²) in [5.74, 6) is 2.08. The minimum Gasteiger partial charge on any atom is -0.497 e. The molecule has 0 unspecified atom stereocenters. The Morgan fingerprint density at radius 2 is 1.83 bits per heavy atom. The zero-order chi connectivity index (χ0) is 24.6. The molecule has 0 aromatic heterocycles. The van der Waals surface area contributed by atoms with Crippen molar-refractivity contribution < 1.29 is 23.8 Å². The molecule has 1 aliphatic carbocycles. The number of amides is 2. The monoisotopic (exact) mass is 480 g/mol. The largest absolute Gasteiger partial charge is 0.497 e. The van der Waals surface area contributed by atoms with Crippen LogP contribution in [0.5, 0.6) is 17.2 Å². The van der Waals surface area contributed by atoms with Gasteiger partial charge in [0.1, 0.15) is 25.0 Å². The van der Waals surface area contributed by atoms with E-state index < -0.39 is 6.04 Å². The van der Waals surface area contributed by atoms with Gasteiger partial charge in [0, 0.05) is 19.0 Å². The number of hydrogen-bond acceptors (Lipinski definition) is 5. The molecule has 2 aromatic carbocycles. The Morgan fingerprint density at radius 1 is 1.06 bits per heavy atom. The summed E-state index contributed by atoms with van der Waals surface area (Å²) in [6, 6.07) is 13.2. The number of nitrogens with one attached hydrogen (secondary N) is 1. The normalized spacial score (nSPS) is 15.9. The summed E-state index contributed by atoms with van der Waals surface area (Å²) in [5, 5.41) is 3.19. The van der Waals surface area contributed by atoms with Crippen LogP contribution < -0.4 is 19.5 Å². The number of aryl methyl sites for hydroxylation is 1. The summed E-state index contributed by atoms with van der Waals surface area (Å²) >= 11 is 0. The van der Waals surface area contributed by atoms with Crippen LogP contribution in [0.4, 0.5) is 0 Å². The fourth-order valence-corrected chi connectivity index (χ4v) is 4.89. The number of hydrogen-bond donors (Lipinski definition) is 1. The van der Waals surface area contributed by atoms with E-state index in [1.807, 2.05) is 49.4 Å². The van der Waals surface area contributed by atoms with Gasteiger partial charge in [0.05, 0.1) is 7.11 Å². The molecule has 1 N–H and O–H groups in total. The Morgan fingerprint density at radius 3 is 2.57 bits per heavy atom. The summed E-state index contributed by atoms with van der Waals surface area (Å²) in [6.45, 7) is 3.39. The van der Waals surface area contributed by atoms with Crippen molar-refractivity contribution in [1.29, 1.82) is 0 Å². The third-order valence-corrected chi connectivity index (χ3v) is 6.81. The van der Waals surface area contributed by atoms with Gasteiger partial charge in [-0.1, -0.05) is 38.0 Å². The van der Waals surface area contributed by atoms with Crippen molar-refractivity contribution in [3.05, 3.63) is 53.6 Å². The van der Waals surface area contributed by atoms with Gasteiger partial charge >= 0.3 is 0 Å². The van der Waals surface area contributed by atoms with Crippen molar-refractivity contribution in [2.75, 3.05) is 20.3 Å². The van der Waals surface area contributed by atoms with E-state index in [1.165, 1.54) is 0 Å². The Hall–Kier alpha value is -3.22. The number of benzene rings is 2. The third kappa shape index (κ3) is 6.47. The number of nitrogens with zero attached hydrogens (tertiary/aromatic N) is 1. The molecular formula is C28H36N2O5. The van der Waals surface area contributed by atoms with Gasteiger partial charge < -0.3 is 24.4 Å². The number of ether oxygens (including phenoxy) is 3. The lowest BCUT2D eigenvalue weighted by atomic mass is 10.0. The SMILES string of the molecule is CC[C@H](C(=O)NC1CCCC1)N(Cc1cccc(OC)c1)C(=O)CCc1ccc2c(c1)OCCO2. The number of methoxy groups -OCH3 is 1. The molecule has 188 valence electrons. The standard InChI is InChI=1S/C28H36N2O5/c1-3-24(28(32)29-22-8-4-5-9-22)30(19-21-7-6-10-23(17-21)33-2)27(31)14-12-20-11-13-25-26(18-20)35-16-15-34-25/h6-7,10-11,13,17-18,22,24H,3-5,8-9,12,14-16,19H2,1-2H3,(H,29,32)/t24-/m1/s1. The van der Waals surface area contributed by atoms with E-state index in [0.717, 1.165) is 54.1 Å². The molecule has 2 aliphatic rings. The van der Waals surface area contributed by atoms with Crippen LogP contribution in [0.25, 0.3) is 0 Å². The lowest BCUT2D eigenvalue weighted by molar-refractivity contribution is -0.141. The molecule has 1 aliphatic heterocycles. The molecule has 35 heavy (non-hydrogen) atoms. The van der Waals surface area contributed by atoms with Gasteiger partial charge in [0.25, 0.3) is 0 Å². The molecule has 0 radical (unpaired) electrons. The maximum atomic E-state index is 13.6. The summed E-state index contributed by atoms with van der Waals surface area (Å²) < 4.78 is 16.6. The topological polar surface area (TPSA) is 77.1 Å². The Kier molecular flexibility index (Phi) is 8.50. The maximum Gasteiger partial charge on any atom is 0.243 e. The van der Waals surface area contributed by atoms with Crippen molar-refractivity contribution >= 4 is 11.8 Å². The molecule has 1 atom stereocenters. The molecule has 1 heterocycles. The minimum absolute atomic E-state index is 0.0452. The van der Waals surface area contributed by atoms with E-state index in [1.54, 1.807) is 12.0 Å². The highest BCUT2D eigenvalue weighted by Gasteiger charge is 2.30. The van der Waals surface area contributed by atoms with Gasteiger partial charge in [-0.15, -0.1) is 0 Å². The van der Waals surface area contributed by atoms with Crippen LogP contribution in [-0.4, -0.2) is 49.1 Å². The molecule has 2 aromatic rings. The molecule has 2 amide bonds. The maximum absolute atomic E-state index is 13.6. The highest BCUT2D eigenvalue weighted by Crippen LogP contribution is 2.31. The molecule has 4 rings (SSSR count). The molecule has 7 heteroatoms. The van der Waals surface area contributed by atoms with Crippen LogP contribution in [-0.2, 0) is 22.6 Å². The van der Waals surface area contributed by atoms with Crippen molar-refractivity contribution in [2.45, 2.75) is 70.5 Å². The smallest absolute Gasteiger partial charge is 0.243 e. The molecule has 0 spiro atoms. The quantitative estimate of drug-likeness (QED) is 0.550. The van der Waals surface area contributed by atoms with E-state index >= 15 is 0 Å². The van der Waals surface area contributed by atoms with Crippen LogP contribution in [0.3, 0.4) is 0 Å². The van der Waals surface area contributed by atoms with E-state index in [9.17, 15) is 9.59 Å². The second kappa shape index (κ2) is 12.0. The Balaban J connectivity index is 1.49. The van der Waals surface area contributed by atoms with Gasteiger partial charge in [-0.2, -0.15) is 0 Å². The molecule has 7 nitrogen and oxygen atoms in total. The number of carbonyl (C=O) groups is 2. The van der Waals surface area contributed by atoms with E-state index in [-0.39, 0.29) is 17.9 Å². The van der Waals surface area contributed by atoms with Gasteiger partial charge in [-0.25, -0.2) is 0 Å². The predicted octanol–water partition coefficient (Wildman–Crippen LogP) is 4.27. The van der Waals surface area contributed by atoms with Crippen LogP contribution in [0.1, 0.15) is 56.6 Å². The molecule has 0 bridgehead atoms. The highest BCUT2D eigenvalue weighted by atomic mass is 16.6. The number of rotatable bonds is 10. The first-order valence-corrected chi connectivity index (χ1v) is 12.7. The second-order valence-corrected chi connectivity index (χ2v) is 9.27. The van der Waals surface area contributed by atoms with Gasteiger partial charge in [-0.05, 0) is 61.1 Å². The van der Waals surface area contributed by atoms with Crippen molar-refractivity contribution in [1.82, 2.24) is 10.2 Å². The summed E-state index contributed by atoms with van der Waals surface area (Å²) in [7, 11) is 1.62. The molecular weight excluding hydrogens is 444 g/mol. The summed E-state index contributed by atoms with van der Waals surface area (Å²) in [6.07, 6.45) is 5.72. The minimum atomic E-state index is -0.519. The van der Waals surface area contributed by atoms with E-state index in [0.29, 0.717) is 39.0 Å². The first-order valence-electron chi connectivity index (χ1n) is 12.7. The van der Waals surface area contributed by atoms with Crippen LogP contribution in [0.2, 0.25) is 0 Å². The lowest BCUT2D eigenvalue weighted by Crippen LogP contribution is -2.51. The Bertz CT molecular complexity index is 1020. The van der Waals surface area contributed by atoms with Gasteiger partial charge in [0.15, 0.2) is 11.5 Å². The average Bonchev–Trinajstić information content (AvgIpc) is 3.40. The fourth-order valence-electron chi connectivity index (χ4n) is 4.89. The zero-order valence-electron chi connectivity index (χ0n) is 20.8. The van der Waals surface area contributed by atoms with Crippen LogP contribution in [0.15, 0.2) is 42.5 Å². The molecule has 1 saturated carbocycles. The van der Waals surface area contributed by atoms with Crippen molar-refractivity contribution in [3.8, 4) is 17.2 Å². The van der Waals surface area contributed by atoms with Crippen LogP contribution in [0, 0.1) is 0 Å². The summed E-state index contributed by atoms with van der Waals surface area (Å²) in [4.78, 5) is 28.6. The average molecular weight is 481 g/mol. The predicted molar refractivity (Wildman–Crippen MR) is 134 cm³/mol. The fraction of sp³-hybridized carbons (Fsp3) is 0.500. The number of carbonyl (C=O) groups excluding carboxylic acids is 2. The summed E-state index contributed by atoms with van der Waals surface area (Å²) in [5.41, 5.74) is 1.94. The Labute approximate surface area is 207 Å². The molecule has 1 fully saturated rings. The third-order valence-electron chi connectivity index (χ3n) is 6.81. The van der Waals surface area contributed by atoms with Gasteiger partial charge in [0.2, 0.25) is 11.8 Å². The van der Waals surface area contributed by atoms with Crippen molar-refractivity contribution in [3.63, 3.8) is 0 Å². The first-order chi connectivity index (χ1) is 17.1. The number of fused-ring (bicyclic) bond motifs is 1. The zero-order valence-corrected chi connectivity index (χ0v) is 20.8. The van der Waals surface area contributed by atoms with E-state index in [4.69, 9.17) is 14.2 Å². The molecule has 0 saturated heterocycles. The van der Waals surface area contributed by atoms with E-state index in [2.05, 4.69) is 5.32 Å². The first kappa shape index (κ1) is 24.9. The highest BCUT2D eigenvalue weighted by molar-refractivity contribution is 5.88. The van der Waals surface area contributed by atoms with Crippen LogP contribution >= 0.6 is 0 Å². The van der Waals surface area contributed by atoms with Gasteiger partial charge in [-0.3, -0.25) is 9.59 Å². The lowest BCUT2D eigenvalue weighted by Gasteiger charge is -2.31. The second-order valence-electron chi connectivity index (χ2n) is 9.27.